The van der Waals surface area contributed by atoms with Gasteiger partial charge in [0.2, 0.25) is 0 Å². The molecule has 1 rings (SSSR count). The normalized spacial score (nSPS) is 24.0. The van der Waals surface area contributed by atoms with E-state index in [-0.39, 0.29) is 12.5 Å². The lowest BCUT2D eigenvalue weighted by Gasteiger charge is -2.29. The van der Waals surface area contributed by atoms with Crippen molar-refractivity contribution in [2.24, 2.45) is 5.92 Å². The second-order valence-electron chi connectivity index (χ2n) is 5.05. The summed E-state index contributed by atoms with van der Waals surface area (Å²) >= 11 is 0. The van der Waals surface area contributed by atoms with E-state index in [0.717, 1.165) is 25.7 Å². The number of nitrogens with one attached hydrogen (secondary N) is 2. The molecule has 0 saturated heterocycles. The van der Waals surface area contributed by atoms with Crippen LogP contribution in [0.3, 0.4) is 0 Å². The van der Waals surface area contributed by atoms with Crippen LogP contribution in [0.25, 0.3) is 0 Å². The highest BCUT2D eigenvalue weighted by molar-refractivity contribution is 5.82. The lowest BCUT2D eigenvalue weighted by atomic mass is 9.84. The predicted molar refractivity (Wildman–Crippen MR) is 72.6 cm³/mol. The van der Waals surface area contributed by atoms with Crippen LogP contribution in [0.2, 0.25) is 0 Å². The van der Waals surface area contributed by atoms with Gasteiger partial charge in [0.05, 0.1) is 0 Å². The fourth-order valence-corrected chi connectivity index (χ4v) is 2.50. The molecule has 0 aromatic heterocycles. The number of hydrogen-bond donors (Lipinski definition) is 3. The molecule has 0 spiro atoms. The van der Waals surface area contributed by atoms with E-state index < -0.39 is 18.0 Å². The molecule has 2 amide bonds. The number of urea groups is 1. The summed E-state index contributed by atoms with van der Waals surface area (Å²) in [5, 5.41) is 14.2. The van der Waals surface area contributed by atoms with Crippen molar-refractivity contribution in [3.8, 4) is 12.3 Å². The number of carbonyl (C=O) groups is 2. The third kappa shape index (κ3) is 5.21. The molecule has 0 aliphatic heterocycles. The fraction of sp³-hybridized carbons (Fsp3) is 0.714. The summed E-state index contributed by atoms with van der Waals surface area (Å²) in [6.07, 6.45) is 10.4. The molecule has 0 aromatic rings. The minimum atomic E-state index is -1.11. The molecule has 19 heavy (non-hydrogen) atoms. The van der Waals surface area contributed by atoms with Crippen LogP contribution < -0.4 is 10.6 Å². The van der Waals surface area contributed by atoms with Crippen molar-refractivity contribution < 1.29 is 14.7 Å². The van der Waals surface area contributed by atoms with Crippen molar-refractivity contribution >= 4 is 12.0 Å². The average Bonchev–Trinajstić information content (AvgIpc) is 2.38. The Balaban J connectivity index is 2.41. The Morgan fingerprint density at radius 2 is 2.21 bits per heavy atom. The third-order valence-electron chi connectivity index (χ3n) is 3.62. The van der Waals surface area contributed by atoms with E-state index >= 15 is 0 Å². The maximum Gasteiger partial charge on any atom is 0.327 e. The molecular weight excluding hydrogens is 244 g/mol. The second kappa shape index (κ2) is 7.67. The highest BCUT2D eigenvalue weighted by Gasteiger charge is 2.24. The first-order valence-electron chi connectivity index (χ1n) is 6.80. The van der Waals surface area contributed by atoms with Crippen LogP contribution in [0.5, 0.6) is 0 Å². The van der Waals surface area contributed by atoms with Gasteiger partial charge in [-0.05, 0) is 18.8 Å². The smallest absolute Gasteiger partial charge is 0.327 e. The minimum absolute atomic E-state index is 0.00892. The average molecular weight is 266 g/mol. The van der Waals surface area contributed by atoms with Crippen LogP contribution in [-0.2, 0) is 4.79 Å². The van der Waals surface area contributed by atoms with Gasteiger partial charge in [-0.3, -0.25) is 0 Å². The zero-order chi connectivity index (χ0) is 14.3. The molecule has 3 N–H and O–H groups in total. The van der Waals surface area contributed by atoms with Gasteiger partial charge in [0.25, 0.3) is 0 Å². The number of hydrogen-bond acceptors (Lipinski definition) is 2. The number of terminal acetylenes is 1. The number of carboxylic acid groups (broad SMARTS) is 1. The summed E-state index contributed by atoms with van der Waals surface area (Å²) in [5.74, 6) is 1.80. The Hall–Kier alpha value is -1.70. The van der Waals surface area contributed by atoms with Crippen molar-refractivity contribution in [1.29, 1.82) is 0 Å². The Bertz CT molecular complexity index is 362. The maximum absolute atomic E-state index is 11.7. The monoisotopic (exact) mass is 266 g/mol. The standard InChI is InChI=1S/C14H22N2O3/c1-3-6-12(13(17)18)16-14(19)15-11-8-5-7-10(4-2)9-11/h1,10-12H,4-9H2,2H3,(H,17,18)(H2,15,16,19). The van der Waals surface area contributed by atoms with Gasteiger partial charge in [-0.15, -0.1) is 12.3 Å². The van der Waals surface area contributed by atoms with Gasteiger partial charge in [0.1, 0.15) is 6.04 Å². The van der Waals surface area contributed by atoms with Crippen LogP contribution in [-0.4, -0.2) is 29.2 Å². The van der Waals surface area contributed by atoms with Gasteiger partial charge in [-0.1, -0.05) is 26.2 Å². The fourth-order valence-electron chi connectivity index (χ4n) is 2.50. The Morgan fingerprint density at radius 3 is 2.79 bits per heavy atom. The molecule has 1 fully saturated rings. The lowest BCUT2D eigenvalue weighted by Crippen LogP contribution is -2.49. The molecule has 0 radical (unpaired) electrons. The molecule has 5 heteroatoms. The molecule has 3 atom stereocenters. The van der Waals surface area contributed by atoms with Crippen LogP contribution in [0.4, 0.5) is 4.79 Å². The summed E-state index contributed by atoms with van der Waals surface area (Å²) in [6.45, 7) is 2.15. The van der Waals surface area contributed by atoms with E-state index in [1.165, 1.54) is 6.42 Å². The molecule has 3 unspecified atom stereocenters. The quantitative estimate of drug-likeness (QED) is 0.663. The highest BCUT2D eigenvalue weighted by atomic mass is 16.4. The molecular formula is C14H22N2O3. The van der Waals surface area contributed by atoms with Crippen LogP contribution in [0, 0.1) is 18.3 Å². The van der Waals surface area contributed by atoms with Gasteiger partial charge in [-0.2, -0.15) is 0 Å². The Labute approximate surface area is 114 Å². The lowest BCUT2D eigenvalue weighted by molar-refractivity contribution is -0.139. The first-order valence-corrected chi connectivity index (χ1v) is 6.80. The van der Waals surface area contributed by atoms with E-state index in [1.807, 2.05) is 0 Å². The van der Waals surface area contributed by atoms with Gasteiger partial charge >= 0.3 is 12.0 Å². The summed E-state index contributed by atoms with van der Waals surface area (Å²) in [7, 11) is 0. The van der Waals surface area contributed by atoms with Crippen molar-refractivity contribution in [3.63, 3.8) is 0 Å². The molecule has 1 saturated carbocycles. The van der Waals surface area contributed by atoms with Crippen molar-refractivity contribution in [3.05, 3.63) is 0 Å². The SMILES string of the molecule is C#CCC(NC(=O)NC1CCCC(CC)C1)C(=O)O. The number of aliphatic carboxylic acids is 1. The number of carboxylic acids is 1. The summed E-state index contributed by atoms with van der Waals surface area (Å²) < 4.78 is 0. The first kappa shape index (κ1) is 15.4. The number of amides is 2. The summed E-state index contributed by atoms with van der Waals surface area (Å²) in [5.41, 5.74) is 0. The largest absolute Gasteiger partial charge is 0.480 e. The first-order chi connectivity index (χ1) is 9.06. The summed E-state index contributed by atoms with van der Waals surface area (Å²) in [4.78, 5) is 22.6. The van der Waals surface area contributed by atoms with Gasteiger partial charge in [-0.25, -0.2) is 9.59 Å². The van der Waals surface area contributed by atoms with Gasteiger partial charge < -0.3 is 15.7 Å². The highest BCUT2D eigenvalue weighted by Crippen LogP contribution is 2.26. The maximum atomic E-state index is 11.7. The van der Waals surface area contributed by atoms with E-state index in [9.17, 15) is 9.59 Å². The molecule has 1 aliphatic rings. The molecule has 0 heterocycles. The Kier molecular flexibility index (Phi) is 6.20. The molecule has 0 aromatic carbocycles. The van der Waals surface area contributed by atoms with E-state index in [0.29, 0.717) is 5.92 Å². The zero-order valence-electron chi connectivity index (χ0n) is 11.3. The van der Waals surface area contributed by atoms with Crippen molar-refractivity contribution in [2.45, 2.75) is 57.5 Å². The van der Waals surface area contributed by atoms with Crippen LogP contribution in [0.1, 0.15) is 45.4 Å². The molecule has 106 valence electrons. The topological polar surface area (TPSA) is 78.4 Å². The van der Waals surface area contributed by atoms with E-state index in [4.69, 9.17) is 11.5 Å². The van der Waals surface area contributed by atoms with Crippen LogP contribution in [0.15, 0.2) is 0 Å². The number of rotatable bonds is 5. The van der Waals surface area contributed by atoms with Crippen molar-refractivity contribution in [1.82, 2.24) is 10.6 Å². The van der Waals surface area contributed by atoms with Gasteiger partial charge in [0.15, 0.2) is 0 Å². The van der Waals surface area contributed by atoms with E-state index in [1.54, 1.807) is 0 Å². The molecule has 1 aliphatic carbocycles. The number of carbonyl (C=O) groups excluding carboxylic acids is 1. The Morgan fingerprint density at radius 1 is 1.47 bits per heavy atom. The van der Waals surface area contributed by atoms with Crippen molar-refractivity contribution in [2.75, 3.05) is 0 Å². The minimum Gasteiger partial charge on any atom is -0.480 e. The summed E-state index contributed by atoms with van der Waals surface area (Å²) in [6, 6.07) is -1.32. The zero-order valence-corrected chi connectivity index (χ0v) is 11.3. The predicted octanol–water partition coefficient (Wildman–Crippen LogP) is 1.73. The van der Waals surface area contributed by atoms with Gasteiger partial charge in [0, 0.05) is 12.5 Å². The van der Waals surface area contributed by atoms with Crippen LogP contribution >= 0.6 is 0 Å². The third-order valence-corrected chi connectivity index (χ3v) is 3.62. The molecule has 5 nitrogen and oxygen atoms in total. The van der Waals surface area contributed by atoms with E-state index in [2.05, 4.69) is 23.5 Å². The molecule has 0 bridgehead atoms. The second-order valence-corrected chi connectivity index (χ2v) is 5.05.